The molecule has 164 valence electrons. The van der Waals surface area contributed by atoms with Gasteiger partial charge < -0.3 is 10.1 Å². The Bertz CT molecular complexity index is 980. The third-order valence-corrected chi connectivity index (χ3v) is 5.70. The number of anilines is 1. The van der Waals surface area contributed by atoms with E-state index < -0.39 is 34.3 Å². The van der Waals surface area contributed by atoms with Crippen LogP contribution in [-0.4, -0.2) is 27.5 Å². The van der Waals surface area contributed by atoms with Crippen molar-refractivity contribution in [2.24, 2.45) is 0 Å². The number of unbranched alkanes of at least 4 members (excludes halogenated alkanes) is 1. The second-order valence-electron chi connectivity index (χ2n) is 6.25. The summed E-state index contributed by atoms with van der Waals surface area (Å²) < 4.78 is 70.3. The number of ether oxygens (including phenoxy) is 1. The number of alkyl halides is 3. The summed E-state index contributed by atoms with van der Waals surface area (Å²) in [6.07, 6.45) is -3.01. The van der Waals surface area contributed by atoms with E-state index in [9.17, 15) is 26.4 Å². The van der Waals surface area contributed by atoms with Crippen molar-refractivity contribution in [1.29, 1.82) is 0 Å². The van der Waals surface area contributed by atoms with E-state index in [-0.39, 0.29) is 21.4 Å². The molecule has 0 saturated carbocycles. The molecule has 0 bridgehead atoms. The van der Waals surface area contributed by atoms with E-state index in [2.05, 4.69) is 10.0 Å². The molecule has 2 aromatic rings. The minimum atomic E-state index is -4.58. The van der Waals surface area contributed by atoms with Crippen LogP contribution in [0.5, 0.6) is 5.75 Å². The van der Waals surface area contributed by atoms with Gasteiger partial charge >= 0.3 is 6.18 Å². The molecular formula is C19H20ClF3N2O4S. The lowest BCUT2D eigenvalue weighted by Gasteiger charge is -2.12. The van der Waals surface area contributed by atoms with Crippen LogP contribution in [0.4, 0.5) is 18.9 Å². The van der Waals surface area contributed by atoms with Gasteiger partial charge in [0.05, 0.1) is 21.2 Å². The Hall–Kier alpha value is -2.30. The highest BCUT2D eigenvalue weighted by Gasteiger charge is 2.31. The molecule has 0 spiro atoms. The number of rotatable bonds is 9. The number of nitrogens with one attached hydrogen (secondary N) is 2. The van der Waals surface area contributed by atoms with E-state index in [0.29, 0.717) is 13.0 Å². The number of amides is 1. The second-order valence-corrected chi connectivity index (χ2v) is 8.43. The zero-order valence-corrected chi connectivity index (χ0v) is 17.5. The van der Waals surface area contributed by atoms with Crippen molar-refractivity contribution in [3.63, 3.8) is 0 Å². The fourth-order valence-corrected chi connectivity index (χ4v) is 3.55. The molecule has 1 amide bonds. The smallest absolute Gasteiger partial charge is 0.416 e. The van der Waals surface area contributed by atoms with Gasteiger partial charge in [0.25, 0.3) is 5.91 Å². The average molecular weight is 465 g/mol. The molecule has 0 aromatic heterocycles. The predicted octanol–water partition coefficient (Wildman–Crippen LogP) is 4.45. The first-order chi connectivity index (χ1) is 14.0. The molecule has 0 saturated heterocycles. The third kappa shape index (κ3) is 6.89. The average Bonchev–Trinajstić information content (AvgIpc) is 2.67. The minimum Gasteiger partial charge on any atom is -0.484 e. The molecule has 0 radical (unpaired) electrons. The van der Waals surface area contributed by atoms with Crippen LogP contribution in [0.1, 0.15) is 25.3 Å². The van der Waals surface area contributed by atoms with Gasteiger partial charge in [0.15, 0.2) is 6.61 Å². The number of carbonyl (C=O) groups is 1. The summed E-state index contributed by atoms with van der Waals surface area (Å²) in [7, 11) is -3.63. The van der Waals surface area contributed by atoms with Gasteiger partial charge in [0.2, 0.25) is 10.0 Å². The number of benzene rings is 2. The summed E-state index contributed by atoms with van der Waals surface area (Å²) in [6, 6.07) is 7.97. The molecule has 0 atom stereocenters. The molecule has 0 aliphatic heterocycles. The molecule has 30 heavy (non-hydrogen) atoms. The molecule has 0 unspecified atom stereocenters. The lowest BCUT2D eigenvalue weighted by Crippen LogP contribution is -2.24. The SMILES string of the molecule is CCCCNS(=O)(=O)c1ccc(OCC(=O)Nc2cc(C(F)(F)F)ccc2Cl)cc1. The Morgan fingerprint density at radius 3 is 2.40 bits per heavy atom. The van der Waals surface area contributed by atoms with Crippen LogP contribution in [-0.2, 0) is 21.0 Å². The van der Waals surface area contributed by atoms with E-state index in [1.807, 2.05) is 6.92 Å². The van der Waals surface area contributed by atoms with Crippen LogP contribution in [0.3, 0.4) is 0 Å². The Labute approximate surface area is 177 Å². The van der Waals surface area contributed by atoms with E-state index in [0.717, 1.165) is 24.6 Å². The van der Waals surface area contributed by atoms with Gasteiger partial charge in [-0.1, -0.05) is 24.9 Å². The molecule has 11 heteroatoms. The van der Waals surface area contributed by atoms with E-state index in [4.69, 9.17) is 16.3 Å². The Morgan fingerprint density at radius 1 is 1.13 bits per heavy atom. The quantitative estimate of drug-likeness (QED) is 0.537. The maximum atomic E-state index is 12.8. The van der Waals surface area contributed by atoms with Crippen LogP contribution >= 0.6 is 11.6 Å². The van der Waals surface area contributed by atoms with Gasteiger partial charge in [-0.15, -0.1) is 0 Å². The highest BCUT2D eigenvalue weighted by molar-refractivity contribution is 7.89. The summed E-state index contributed by atoms with van der Waals surface area (Å²) in [5.41, 5.74) is -1.15. The molecule has 2 rings (SSSR count). The number of halogens is 4. The van der Waals surface area contributed by atoms with Crippen LogP contribution in [0.25, 0.3) is 0 Å². The molecule has 2 N–H and O–H groups in total. The molecule has 0 aliphatic rings. The Morgan fingerprint density at radius 2 is 1.80 bits per heavy atom. The van der Waals surface area contributed by atoms with Crippen molar-refractivity contribution < 1.29 is 31.1 Å². The summed E-state index contributed by atoms with van der Waals surface area (Å²) in [5.74, 6) is -0.512. The van der Waals surface area contributed by atoms with Crippen molar-refractivity contribution >= 4 is 33.2 Å². The molecule has 0 heterocycles. The van der Waals surface area contributed by atoms with Crippen LogP contribution in [0.2, 0.25) is 5.02 Å². The van der Waals surface area contributed by atoms with Crippen LogP contribution < -0.4 is 14.8 Å². The number of hydrogen-bond donors (Lipinski definition) is 2. The topological polar surface area (TPSA) is 84.5 Å². The monoisotopic (exact) mass is 464 g/mol. The van der Waals surface area contributed by atoms with Gasteiger partial charge in [-0.3, -0.25) is 4.79 Å². The first-order valence-corrected chi connectivity index (χ1v) is 10.8. The number of hydrogen-bond acceptors (Lipinski definition) is 4. The number of sulfonamides is 1. The first-order valence-electron chi connectivity index (χ1n) is 8.92. The zero-order chi connectivity index (χ0) is 22.4. The van der Waals surface area contributed by atoms with Crippen molar-refractivity contribution in [1.82, 2.24) is 4.72 Å². The zero-order valence-electron chi connectivity index (χ0n) is 15.9. The standard InChI is InChI=1S/C19H20ClF3N2O4S/c1-2-3-10-24-30(27,28)15-7-5-14(6-8-15)29-12-18(26)25-17-11-13(19(21,22)23)4-9-16(17)20/h4-9,11,24H,2-3,10,12H2,1H3,(H,25,26). The van der Waals surface area contributed by atoms with Crippen LogP contribution in [0, 0.1) is 0 Å². The highest BCUT2D eigenvalue weighted by atomic mass is 35.5. The molecular weight excluding hydrogens is 445 g/mol. The lowest BCUT2D eigenvalue weighted by molar-refractivity contribution is -0.137. The maximum absolute atomic E-state index is 12.8. The van der Waals surface area contributed by atoms with Gasteiger partial charge in [-0.25, -0.2) is 13.1 Å². The van der Waals surface area contributed by atoms with Gasteiger partial charge in [-0.2, -0.15) is 13.2 Å². The normalized spacial score (nSPS) is 11.9. The minimum absolute atomic E-state index is 0.0474. The van der Waals surface area contributed by atoms with E-state index in [1.165, 1.54) is 24.3 Å². The predicted molar refractivity (Wildman–Crippen MR) is 107 cm³/mol. The van der Waals surface area contributed by atoms with Gasteiger partial charge in [-0.05, 0) is 48.9 Å². The summed E-state index contributed by atoms with van der Waals surface area (Å²) in [5, 5.41) is 2.20. The summed E-state index contributed by atoms with van der Waals surface area (Å²) >= 11 is 5.83. The summed E-state index contributed by atoms with van der Waals surface area (Å²) in [6.45, 7) is 1.76. The fourth-order valence-electron chi connectivity index (χ4n) is 2.31. The van der Waals surface area contributed by atoms with Crippen molar-refractivity contribution in [2.75, 3.05) is 18.5 Å². The lowest BCUT2D eigenvalue weighted by atomic mass is 10.2. The first kappa shape index (κ1) is 24.0. The maximum Gasteiger partial charge on any atom is 0.416 e. The summed E-state index contributed by atoms with van der Waals surface area (Å²) in [4.78, 5) is 12.0. The molecule has 0 fully saturated rings. The molecule has 2 aromatic carbocycles. The molecule has 6 nitrogen and oxygen atoms in total. The fraction of sp³-hybridized carbons (Fsp3) is 0.316. The Kier molecular flexibility index (Phi) is 8.10. The van der Waals surface area contributed by atoms with Crippen molar-refractivity contribution in [3.8, 4) is 5.75 Å². The van der Waals surface area contributed by atoms with Crippen molar-refractivity contribution in [2.45, 2.75) is 30.8 Å². The molecule has 0 aliphatic carbocycles. The third-order valence-electron chi connectivity index (χ3n) is 3.89. The van der Waals surface area contributed by atoms with Gasteiger partial charge in [0, 0.05) is 6.54 Å². The number of carbonyl (C=O) groups excluding carboxylic acids is 1. The highest BCUT2D eigenvalue weighted by Crippen LogP contribution is 2.33. The Balaban J connectivity index is 1.96. The van der Waals surface area contributed by atoms with E-state index >= 15 is 0 Å². The van der Waals surface area contributed by atoms with Crippen LogP contribution in [0.15, 0.2) is 47.4 Å². The van der Waals surface area contributed by atoms with Gasteiger partial charge in [0.1, 0.15) is 5.75 Å². The largest absolute Gasteiger partial charge is 0.484 e. The van der Waals surface area contributed by atoms with E-state index in [1.54, 1.807) is 0 Å². The second kappa shape index (κ2) is 10.1. The van der Waals surface area contributed by atoms with Crippen molar-refractivity contribution in [3.05, 3.63) is 53.1 Å².